The van der Waals surface area contributed by atoms with Crippen molar-refractivity contribution in [3.63, 3.8) is 0 Å². The Hall–Kier alpha value is -1.71. The van der Waals surface area contributed by atoms with E-state index in [-0.39, 0.29) is 5.97 Å². The Morgan fingerprint density at radius 3 is 2.84 bits per heavy atom. The first-order valence-electron chi connectivity index (χ1n) is 6.91. The molecule has 3 N–H and O–H groups in total. The van der Waals surface area contributed by atoms with Crippen LogP contribution in [0.2, 0.25) is 0 Å². The van der Waals surface area contributed by atoms with Crippen LogP contribution in [0.4, 0.5) is 11.4 Å². The smallest absolute Gasteiger partial charge is 0.340 e. The van der Waals surface area contributed by atoms with Crippen LogP contribution < -0.4 is 11.1 Å². The molecule has 0 aromatic heterocycles. The van der Waals surface area contributed by atoms with Crippen molar-refractivity contribution in [3.05, 3.63) is 23.8 Å². The van der Waals surface area contributed by atoms with Gasteiger partial charge in [0.2, 0.25) is 0 Å². The first-order valence-corrected chi connectivity index (χ1v) is 6.91. The Balaban J connectivity index is 1.76. The van der Waals surface area contributed by atoms with Gasteiger partial charge >= 0.3 is 5.97 Å². The second-order valence-electron chi connectivity index (χ2n) is 5.72. The zero-order valence-corrected chi connectivity index (χ0v) is 11.2. The van der Waals surface area contributed by atoms with E-state index in [1.807, 2.05) is 6.07 Å². The predicted molar refractivity (Wildman–Crippen MR) is 75.1 cm³/mol. The third-order valence-corrected chi connectivity index (χ3v) is 4.55. The summed E-state index contributed by atoms with van der Waals surface area (Å²) in [5, 5.41) is 3.56. The van der Waals surface area contributed by atoms with Gasteiger partial charge in [0.05, 0.1) is 12.7 Å². The van der Waals surface area contributed by atoms with Crippen LogP contribution in [0.5, 0.6) is 0 Å². The summed E-state index contributed by atoms with van der Waals surface area (Å²) in [6.07, 6.45) is 5.33. The lowest BCUT2D eigenvalue weighted by atomic mass is 9.95. The normalized spacial score (nSPS) is 28.4. The van der Waals surface area contributed by atoms with E-state index in [1.165, 1.54) is 32.8 Å². The molecule has 3 atom stereocenters. The van der Waals surface area contributed by atoms with Crippen molar-refractivity contribution in [2.45, 2.75) is 31.7 Å². The van der Waals surface area contributed by atoms with Crippen molar-refractivity contribution < 1.29 is 9.53 Å². The number of nitrogens with one attached hydrogen (secondary N) is 1. The number of fused-ring (bicyclic) bond motifs is 2. The molecule has 2 aliphatic rings. The quantitative estimate of drug-likeness (QED) is 0.648. The SMILES string of the molecule is COC(=O)c1cc(NC2CC3CCC2C3)ccc1N. The minimum atomic E-state index is -0.380. The van der Waals surface area contributed by atoms with Gasteiger partial charge in [-0.1, -0.05) is 6.42 Å². The number of nitrogens with two attached hydrogens (primary N) is 1. The van der Waals surface area contributed by atoms with Gasteiger partial charge < -0.3 is 15.8 Å². The highest BCUT2D eigenvalue weighted by Gasteiger charge is 2.39. The Labute approximate surface area is 113 Å². The molecule has 4 heteroatoms. The summed E-state index contributed by atoms with van der Waals surface area (Å²) in [5.41, 5.74) is 7.67. The van der Waals surface area contributed by atoms with Crippen LogP contribution in [0.3, 0.4) is 0 Å². The number of esters is 1. The fraction of sp³-hybridized carbons (Fsp3) is 0.533. The lowest BCUT2D eigenvalue weighted by molar-refractivity contribution is 0.0602. The fourth-order valence-electron chi connectivity index (χ4n) is 3.57. The maximum atomic E-state index is 11.6. The number of hydrogen-bond donors (Lipinski definition) is 2. The zero-order chi connectivity index (χ0) is 13.4. The molecule has 2 bridgehead atoms. The number of anilines is 2. The summed E-state index contributed by atoms with van der Waals surface area (Å²) < 4.78 is 4.74. The van der Waals surface area contributed by atoms with Crippen molar-refractivity contribution in [2.75, 3.05) is 18.2 Å². The summed E-state index contributed by atoms with van der Waals surface area (Å²) >= 11 is 0. The van der Waals surface area contributed by atoms with E-state index in [9.17, 15) is 4.79 Å². The van der Waals surface area contributed by atoms with Crippen LogP contribution in [0.1, 0.15) is 36.0 Å². The van der Waals surface area contributed by atoms with Crippen molar-refractivity contribution >= 4 is 17.3 Å². The van der Waals surface area contributed by atoms with E-state index in [2.05, 4.69) is 5.32 Å². The molecule has 2 fully saturated rings. The summed E-state index contributed by atoms with van der Waals surface area (Å²) in [6, 6.07) is 6.05. The molecule has 3 rings (SSSR count). The van der Waals surface area contributed by atoms with Gasteiger partial charge in [-0.15, -0.1) is 0 Å². The van der Waals surface area contributed by atoms with Crippen molar-refractivity contribution in [1.29, 1.82) is 0 Å². The zero-order valence-electron chi connectivity index (χ0n) is 11.2. The number of methoxy groups -OCH3 is 1. The monoisotopic (exact) mass is 260 g/mol. The van der Waals surface area contributed by atoms with Gasteiger partial charge in [-0.2, -0.15) is 0 Å². The number of rotatable bonds is 3. The highest BCUT2D eigenvalue weighted by Crippen LogP contribution is 2.45. The van der Waals surface area contributed by atoms with E-state index >= 15 is 0 Å². The molecule has 2 aliphatic carbocycles. The average Bonchev–Trinajstić information content (AvgIpc) is 3.02. The summed E-state index contributed by atoms with van der Waals surface area (Å²) in [6.45, 7) is 0. The van der Waals surface area contributed by atoms with Crippen LogP contribution in [-0.4, -0.2) is 19.1 Å². The van der Waals surface area contributed by atoms with Gasteiger partial charge in [-0.25, -0.2) is 4.79 Å². The van der Waals surface area contributed by atoms with E-state index in [0.717, 1.165) is 17.5 Å². The summed E-state index contributed by atoms with van der Waals surface area (Å²) in [5.74, 6) is 1.31. The molecule has 4 nitrogen and oxygen atoms in total. The molecule has 0 amide bonds. The maximum Gasteiger partial charge on any atom is 0.340 e. The van der Waals surface area contributed by atoms with Crippen LogP contribution >= 0.6 is 0 Å². The Bertz CT molecular complexity index is 501. The number of carbonyl (C=O) groups is 1. The number of ether oxygens (including phenoxy) is 1. The first-order chi connectivity index (χ1) is 9.17. The van der Waals surface area contributed by atoms with E-state index in [4.69, 9.17) is 10.5 Å². The number of nitrogen functional groups attached to an aromatic ring is 1. The molecule has 0 heterocycles. The fourth-order valence-corrected chi connectivity index (χ4v) is 3.57. The van der Waals surface area contributed by atoms with Gasteiger partial charge in [0.25, 0.3) is 0 Å². The Morgan fingerprint density at radius 2 is 2.21 bits per heavy atom. The number of benzene rings is 1. The topological polar surface area (TPSA) is 64.3 Å². The average molecular weight is 260 g/mol. The van der Waals surface area contributed by atoms with Crippen molar-refractivity contribution in [3.8, 4) is 0 Å². The third-order valence-electron chi connectivity index (χ3n) is 4.55. The highest BCUT2D eigenvalue weighted by atomic mass is 16.5. The first kappa shape index (κ1) is 12.3. The minimum Gasteiger partial charge on any atom is -0.465 e. The number of hydrogen-bond acceptors (Lipinski definition) is 4. The summed E-state index contributed by atoms with van der Waals surface area (Å²) in [7, 11) is 1.37. The largest absolute Gasteiger partial charge is 0.465 e. The van der Waals surface area contributed by atoms with Crippen molar-refractivity contribution in [2.24, 2.45) is 11.8 Å². The Kier molecular flexibility index (Phi) is 3.09. The molecule has 1 aromatic rings. The molecule has 0 aliphatic heterocycles. The molecule has 0 spiro atoms. The van der Waals surface area contributed by atoms with Gasteiger partial charge in [0, 0.05) is 17.4 Å². The standard InChI is InChI=1S/C15H20N2O2/c1-19-15(18)12-8-11(4-5-13(12)16)17-14-7-9-2-3-10(14)6-9/h4-5,8-10,14,17H,2-3,6-7,16H2,1H3. The molecule has 3 unspecified atom stereocenters. The van der Waals surface area contributed by atoms with Crippen LogP contribution in [0.15, 0.2) is 18.2 Å². The van der Waals surface area contributed by atoms with Crippen molar-refractivity contribution in [1.82, 2.24) is 0 Å². The second kappa shape index (κ2) is 4.76. The predicted octanol–water partition coefficient (Wildman–Crippen LogP) is 2.66. The summed E-state index contributed by atoms with van der Waals surface area (Å²) in [4.78, 5) is 11.6. The third kappa shape index (κ3) is 2.27. The van der Waals surface area contributed by atoms with E-state index in [1.54, 1.807) is 12.1 Å². The number of carbonyl (C=O) groups excluding carboxylic acids is 1. The van der Waals surface area contributed by atoms with E-state index in [0.29, 0.717) is 17.3 Å². The van der Waals surface area contributed by atoms with Gasteiger partial charge in [0.1, 0.15) is 0 Å². The second-order valence-corrected chi connectivity index (χ2v) is 5.72. The minimum absolute atomic E-state index is 0.380. The molecule has 0 radical (unpaired) electrons. The van der Waals surface area contributed by atoms with E-state index < -0.39 is 0 Å². The molecular weight excluding hydrogens is 240 g/mol. The van der Waals surface area contributed by atoms with Crippen LogP contribution in [0, 0.1) is 11.8 Å². The maximum absolute atomic E-state index is 11.6. The molecular formula is C15H20N2O2. The molecule has 102 valence electrons. The van der Waals surface area contributed by atoms with Gasteiger partial charge in [0.15, 0.2) is 0 Å². The van der Waals surface area contributed by atoms with Crippen LogP contribution in [-0.2, 0) is 4.74 Å². The van der Waals surface area contributed by atoms with Gasteiger partial charge in [-0.05, 0) is 49.3 Å². The molecule has 0 saturated heterocycles. The van der Waals surface area contributed by atoms with Gasteiger partial charge in [-0.3, -0.25) is 0 Å². The van der Waals surface area contributed by atoms with Crippen LogP contribution in [0.25, 0.3) is 0 Å². The lowest BCUT2D eigenvalue weighted by Crippen LogP contribution is -2.26. The lowest BCUT2D eigenvalue weighted by Gasteiger charge is -2.24. The molecule has 2 saturated carbocycles. The molecule has 1 aromatic carbocycles. The highest BCUT2D eigenvalue weighted by molar-refractivity contribution is 5.96. The Morgan fingerprint density at radius 1 is 1.37 bits per heavy atom. The molecule has 19 heavy (non-hydrogen) atoms.